The summed E-state index contributed by atoms with van der Waals surface area (Å²) in [5, 5.41) is 0. The predicted octanol–water partition coefficient (Wildman–Crippen LogP) is 1.90. The largest absolute Gasteiger partial charge is 0.235 e. The van der Waals surface area contributed by atoms with Gasteiger partial charge in [-0.05, 0) is 19.8 Å². The van der Waals surface area contributed by atoms with E-state index in [2.05, 4.69) is 4.99 Å². The normalized spacial score (nSPS) is 10.6. The van der Waals surface area contributed by atoms with E-state index < -0.39 is 0 Å². The molecule has 0 aromatic carbocycles. The molecule has 0 bridgehead atoms. The molecule has 0 aliphatic heterocycles. The van der Waals surface area contributed by atoms with Crippen LogP contribution in [0.25, 0.3) is 0 Å². The third kappa shape index (κ3) is 2.43. The number of hydrogen-bond donors (Lipinski definition) is 0. The Hall–Kier alpha value is -0.620. The van der Waals surface area contributed by atoms with Crippen LogP contribution in [0.15, 0.2) is 4.99 Å². The molecular formula is C7H13NO. The summed E-state index contributed by atoms with van der Waals surface area (Å²) >= 11 is 0. The van der Waals surface area contributed by atoms with E-state index in [-0.39, 0.29) is 5.54 Å². The lowest BCUT2D eigenvalue weighted by Gasteiger charge is -2.17. The Labute approximate surface area is 56.0 Å². The van der Waals surface area contributed by atoms with Gasteiger partial charge in [0.05, 0.1) is 5.54 Å². The summed E-state index contributed by atoms with van der Waals surface area (Å²) in [4.78, 5) is 13.5. The second-order valence-corrected chi connectivity index (χ2v) is 2.41. The first-order chi connectivity index (χ1) is 4.18. The predicted molar refractivity (Wildman–Crippen MR) is 37.1 cm³/mol. The van der Waals surface area contributed by atoms with Crippen LogP contribution in [0.1, 0.15) is 33.6 Å². The third-order valence-corrected chi connectivity index (χ3v) is 1.84. The molecule has 0 aliphatic rings. The number of carbonyl (C=O) groups excluding carboxylic acids is 1. The van der Waals surface area contributed by atoms with Gasteiger partial charge in [0.2, 0.25) is 6.08 Å². The highest BCUT2D eigenvalue weighted by molar-refractivity contribution is 5.34. The zero-order valence-corrected chi connectivity index (χ0v) is 6.27. The van der Waals surface area contributed by atoms with Gasteiger partial charge in [-0.3, -0.25) is 0 Å². The zero-order valence-electron chi connectivity index (χ0n) is 6.27. The first-order valence-corrected chi connectivity index (χ1v) is 3.27. The zero-order chi connectivity index (χ0) is 7.33. The Bertz CT molecular complexity index is 121. The number of aliphatic imine (C=N–C) groups is 1. The highest BCUT2D eigenvalue weighted by atomic mass is 16.1. The molecule has 0 saturated heterocycles. The van der Waals surface area contributed by atoms with Crippen molar-refractivity contribution in [2.24, 2.45) is 4.99 Å². The lowest BCUT2D eigenvalue weighted by Crippen LogP contribution is -2.18. The molecule has 0 aliphatic carbocycles. The average molecular weight is 127 g/mol. The Morgan fingerprint density at radius 2 is 1.89 bits per heavy atom. The second-order valence-electron chi connectivity index (χ2n) is 2.41. The van der Waals surface area contributed by atoms with E-state index in [1.165, 1.54) is 0 Å². The van der Waals surface area contributed by atoms with Crippen LogP contribution in [0.3, 0.4) is 0 Å². The SMILES string of the molecule is CCC(C)(CC)N=C=O. The maximum absolute atomic E-state index is 9.85. The summed E-state index contributed by atoms with van der Waals surface area (Å²) in [5.74, 6) is 0. The molecule has 0 heterocycles. The first-order valence-electron chi connectivity index (χ1n) is 3.27. The van der Waals surface area contributed by atoms with Gasteiger partial charge in [-0.15, -0.1) is 0 Å². The van der Waals surface area contributed by atoms with Crippen LogP contribution in [0, 0.1) is 0 Å². The number of rotatable bonds is 3. The van der Waals surface area contributed by atoms with Crippen LogP contribution in [-0.2, 0) is 4.79 Å². The monoisotopic (exact) mass is 127 g/mol. The summed E-state index contributed by atoms with van der Waals surface area (Å²) in [6.45, 7) is 5.99. The van der Waals surface area contributed by atoms with Crippen molar-refractivity contribution in [3.63, 3.8) is 0 Å². The molecule has 0 rings (SSSR count). The van der Waals surface area contributed by atoms with E-state index in [4.69, 9.17) is 0 Å². The maximum atomic E-state index is 9.85. The molecule has 9 heavy (non-hydrogen) atoms. The maximum Gasteiger partial charge on any atom is 0.235 e. The van der Waals surface area contributed by atoms with Crippen molar-refractivity contribution in [3.8, 4) is 0 Å². The number of nitrogens with zero attached hydrogens (tertiary/aromatic N) is 1. The molecule has 2 nitrogen and oxygen atoms in total. The molecule has 0 radical (unpaired) electrons. The highest BCUT2D eigenvalue weighted by Crippen LogP contribution is 2.17. The molecule has 52 valence electrons. The van der Waals surface area contributed by atoms with Gasteiger partial charge in [0.25, 0.3) is 0 Å². The van der Waals surface area contributed by atoms with Crippen molar-refractivity contribution in [1.29, 1.82) is 0 Å². The molecule has 2 heteroatoms. The van der Waals surface area contributed by atoms with Gasteiger partial charge in [0.15, 0.2) is 0 Å². The standard InChI is InChI=1S/C7H13NO/c1-4-7(3,5-2)8-6-9/h4-5H2,1-3H3. The van der Waals surface area contributed by atoms with Crippen LogP contribution in [0.5, 0.6) is 0 Å². The van der Waals surface area contributed by atoms with E-state index in [1.807, 2.05) is 20.8 Å². The average Bonchev–Trinajstić information content (AvgIpc) is 1.89. The summed E-state index contributed by atoms with van der Waals surface area (Å²) in [6.07, 6.45) is 3.39. The molecule has 0 aromatic heterocycles. The van der Waals surface area contributed by atoms with Crippen molar-refractivity contribution in [2.75, 3.05) is 0 Å². The molecule has 0 saturated carbocycles. The second kappa shape index (κ2) is 3.41. The molecule has 0 spiro atoms. The Morgan fingerprint density at radius 3 is 2.00 bits per heavy atom. The third-order valence-electron chi connectivity index (χ3n) is 1.84. The topological polar surface area (TPSA) is 29.4 Å². The van der Waals surface area contributed by atoms with Gasteiger partial charge in [0, 0.05) is 0 Å². The fourth-order valence-electron chi connectivity index (χ4n) is 0.518. The van der Waals surface area contributed by atoms with E-state index in [0.29, 0.717) is 0 Å². The fourth-order valence-corrected chi connectivity index (χ4v) is 0.518. The molecule has 0 N–H and O–H groups in total. The summed E-state index contributed by atoms with van der Waals surface area (Å²) in [6, 6.07) is 0. The van der Waals surface area contributed by atoms with Crippen LogP contribution in [-0.4, -0.2) is 11.6 Å². The molecule has 0 amide bonds. The van der Waals surface area contributed by atoms with E-state index in [9.17, 15) is 4.79 Å². The van der Waals surface area contributed by atoms with Crippen LogP contribution in [0.4, 0.5) is 0 Å². The smallest absolute Gasteiger partial charge is 0.211 e. The summed E-state index contributed by atoms with van der Waals surface area (Å²) in [5.41, 5.74) is -0.165. The Morgan fingerprint density at radius 1 is 1.44 bits per heavy atom. The van der Waals surface area contributed by atoms with Crippen molar-refractivity contribution in [3.05, 3.63) is 0 Å². The Kier molecular flexibility index (Phi) is 3.18. The van der Waals surface area contributed by atoms with Gasteiger partial charge < -0.3 is 0 Å². The van der Waals surface area contributed by atoms with Gasteiger partial charge in [0.1, 0.15) is 0 Å². The van der Waals surface area contributed by atoms with Crippen LogP contribution >= 0.6 is 0 Å². The minimum absolute atomic E-state index is 0.165. The minimum Gasteiger partial charge on any atom is -0.211 e. The first kappa shape index (κ1) is 8.38. The lowest BCUT2D eigenvalue weighted by atomic mass is 9.97. The Balaban J connectivity index is 4.08. The van der Waals surface area contributed by atoms with Crippen LogP contribution < -0.4 is 0 Å². The molecule has 0 unspecified atom stereocenters. The van der Waals surface area contributed by atoms with Crippen molar-refractivity contribution < 1.29 is 4.79 Å². The molecule has 0 aromatic rings. The highest BCUT2D eigenvalue weighted by Gasteiger charge is 2.16. The van der Waals surface area contributed by atoms with Crippen molar-refractivity contribution >= 4 is 6.08 Å². The number of hydrogen-bond acceptors (Lipinski definition) is 2. The van der Waals surface area contributed by atoms with Crippen molar-refractivity contribution in [1.82, 2.24) is 0 Å². The molecule has 0 atom stereocenters. The fraction of sp³-hybridized carbons (Fsp3) is 0.857. The van der Waals surface area contributed by atoms with Gasteiger partial charge in [-0.25, -0.2) is 4.79 Å². The number of isocyanates is 1. The van der Waals surface area contributed by atoms with Crippen LogP contribution in [0.2, 0.25) is 0 Å². The van der Waals surface area contributed by atoms with Gasteiger partial charge in [-0.1, -0.05) is 13.8 Å². The minimum atomic E-state index is -0.165. The van der Waals surface area contributed by atoms with E-state index >= 15 is 0 Å². The lowest BCUT2D eigenvalue weighted by molar-refractivity contribution is 0.434. The van der Waals surface area contributed by atoms with Gasteiger partial charge in [-0.2, -0.15) is 4.99 Å². The summed E-state index contributed by atoms with van der Waals surface area (Å²) in [7, 11) is 0. The van der Waals surface area contributed by atoms with E-state index in [0.717, 1.165) is 12.8 Å². The summed E-state index contributed by atoms with van der Waals surface area (Å²) < 4.78 is 0. The van der Waals surface area contributed by atoms with Crippen molar-refractivity contribution in [2.45, 2.75) is 39.2 Å². The molecule has 0 fully saturated rings. The van der Waals surface area contributed by atoms with E-state index in [1.54, 1.807) is 6.08 Å². The molecular weight excluding hydrogens is 114 g/mol. The van der Waals surface area contributed by atoms with Gasteiger partial charge >= 0.3 is 0 Å². The quantitative estimate of drug-likeness (QED) is 0.420.